The molecule has 1 aromatic heterocycles. The van der Waals surface area contributed by atoms with E-state index in [-0.39, 0.29) is 5.91 Å². The highest BCUT2D eigenvalue weighted by molar-refractivity contribution is 7.15. The van der Waals surface area contributed by atoms with Crippen LogP contribution in [-0.4, -0.2) is 22.6 Å². The molecule has 0 unspecified atom stereocenters. The zero-order valence-corrected chi connectivity index (χ0v) is 14.9. The molecule has 0 atom stereocenters. The molecule has 128 valence electrons. The summed E-state index contributed by atoms with van der Waals surface area (Å²) in [4.78, 5) is 12.2. The molecule has 0 spiro atoms. The molecular weight excluding hydrogens is 320 g/mol. The SMILES string of the molecule is CCNc1cccc(CC(=O)Nc2nnc(C3CCCCC3)s2)c1. The van der Waals surface area contributed by atoms with Crippen molar-refractivity contribution in [2.24, 2.45) is 0 Å². The molecule has 1 aliphatic carbocycles. The number of nitrogens with one attached hydrogen (secondary N) is 2. The zero-order chi connectivity index (χ0) is 16.8. The van der Waals surface area contributed by atoms with Crippen molar-refractivity contribution in [2.75, 3.05) is 17.2 Å². The standard InChI is InChI=1S/C18H24N4OS/c1-2-19-15-10-6-7-13(11-15)12-16(23)20-18-22-21-17(24-18)14-8-4-3-5-9-14/h6-7,10-11,14,19H,2-5,8-9,12H2,1H3,(H,20,22,23). The van der Waals surface area contributed by atoms with Crippen LogP contribution in [0.1, 0.15) is 55.5 Å². The van der Waals surface area contributed by atoms with Gasteiger partial charge in [-0.25, -0.2) is 0 Å². The first kappa shape index (κ1) is 16.9. The molecule has 5 nitrogen and oxygen atoms in total. The van der Waals surface area contributed by atoms with Crippen molar-refractivity contribution < 1.29 is 4.79 Å². The van der Waals surface area contributed by atoms with E-state index in [1.807, 2.05) is 24.3 Å². The first-order valence-corrected chi connectivity index (χ1v) is 9.52. The average Bonchev–Trinajstić information content (AvgIpc) is 3.04. The predicted molar refractivity (Wildman–Crippen MR) is 98.7 cm³/mol. The Morgan fingerprint density at radius 3 is 2.88 bits per heavy atom. The van der Waals surface area contributed by atoms with Crippen molar-refractivity contribution in [2.45, 2.75) is 51.4 Å². The number of carbonyl (C=O) groups excluding carboxylic acids is 1. The third-order valence-electron chi connectivity index (χ3n) is 4.31. The fourth-order valence-corrected chi connectivity index (χ4v) is 4.07. The molecule has 1 saturated carbocycles. The first-order chi connectivity index (χ1) is 11.7. The fraction of sp³-hybridized carbons (Fsp3) is 0.500. The lowest BCUT2D eigenvalue weighted by molar-refractivity contribution is -0.115. The number of amides is 1. The van der Waals surface area contributed by atoms with Crippen LogP contribution in [0.3, 0.4) is 0 Å². The molecule has 2 N–H and O–H groups in total. The summed E-state index contributed by atoms with van der Waals surface area (Å²) in [6.07, 6.45) is 6.60. The third-order valence-corrected chi connectivity index (χ3v) is 5.32. The number of carbonyl (C=O) groups is 1. The van der Waals surface area contributed by atoms with Gasteiger partial charge in [0.15, 0.2) is 0 Å². The van der Waals surface area contributed by atoms with Gasteiger partial charge in [0.25, 0.3) is 0 Å². The largest absolute Gasteiger partial charge is 0.385 e. The fourth-order valence-electron chi connectivity index (χ4n) is 3.14. The Balaban J connectivity index is 1.57. The lowest BCUT2D eigenvalue weighted by atomic mass is 9.90. The van der Waals surface area contributed by atoms with Crippen LogP contribution in [0.2, 0.25) is 0 Å². The van der Waals surface area contributed by atoms with Gasteiger partial charge in [0, 0.05) is 18.2 Å². The molecule has 3 rings (SSSR count). The monoisotopic (exact) mass is 344 g/mol. The molecule has 0 aliphatic heterocycles. The van der Waals surface area contributed by atoms with E-state index in [1.165, 1.54) is 43.4 Å². The summed E-state index contributed by atoms with van der Waals surface area (Å²) in [6.45, 7) is 2.92. The second-order valence-electron chi connectivity index (χ2n) is 6.24. The molecule has 0 bridgehead atoms. The summed E-state index contributed by atoms with van der Waals surface area (Å²) in [7, 11) is 0. The number of rotatable bonds is 6. The van der Waals surface area contributed by atoms with Crippen LogP contribution in [0.15, 0.2) is 24.3 Å². The first-order valence-electron chi connectivity index (χ1n) is 8.70. The number of hydrogen-bond donors (Lipinski definition) is 2. The van der Waals surface area contributed by atoms with Crippen molar-refractivity contribution >= 4 is 28.1 Å². The van der Waals surface area contributed by atoms with Crippen LogP contribution in [0.4, 0.5) is 10.8 Å². The van der Waals surface area contributed by atoms with Gasteiger partial charge in [0.05, 0.1) is 6.42 Å². The van der Waals surface area contributed by atoms with E-state index in [0.717, 1.165) is 22.8 Å². The highest BCUT2D eigenvalue weighted by Gasteiger charge is 2.20. The second-order valence-corrected chi connectivity index (χ2v) is 7.25. The maximum atomic E-state index is 12.2. The van der Waals surface area contributed by atoms with E-state index in [4.69, 9.17) is 0 Å². The molecule has 1 aromatic carbocycles. The molecule has 1 amide bonds. The van der Waals surface area contributed by atoms with Crippen molar-refractivity contribution in [1.82, 2.24) is 10.2 Å². The van der Waals surface area contributed by atoms with Gasteiger partial charge in [0.2, 0.25) is 11.0 Å². The van der Waals surface area contributed by atoms with Gasteiger partial charge in [-0.3, -0.25) is 4.79 Å². The minimum absolute atomic E-state index is 0.0463. The highest BCUT2D eigenvalue weighted by atomic mass is 32.1. The van der Waals surface area contributed by atoms with Gasteiger partial charge < -0.3 is 10.6 Å². The summed E-state index contributed by atoms with van der Waals surface area (Å²) >= 11 is 1.52. The second kappa shape index (κ2) is 8.24. The number of benzene rings is 1. The molecule has 0 radical (unpaired) electrons. The van der Waals surface area contributed by atoms with Crippen LogP contribution >= 0.6 is 11.3 Å². The molecule has 2 aromatic rings. The van der Waals surface area contributed by atoms with Gasteiger partial charge in [0.1, 0.15) is 5.01 Å². The smallest absolute Gasteiger partial charge is 0.230 e. The minimum Gasteiger partial charge on any atom is -0.385 e. The predicted octanol–water partition coefficient (Wildman–Crippen LogP) is 4.20. The van der Waals surface area contributed by atoms with Crippen LogP contribution in [-0.2, 0) is 11.2 Å². The van der Waals surface area contributed by atoms with Gasteiger partial charge in [-0.05, 0) is 37.5 Å². The third kappa shape index (κ3) is 4.54. The summed E-state index contributed by atoms with van der Waals surface area (Å²) in [5.41, 5.74) is 2.03. The zero-order valence-electron chi connectivity index (χ0n) is 14.0. The van der Waals surface area contributed by atoms with E-state index in [1.54, 1.807) is 0 Å². The van der Waals surface area contributed by atoms with Crippen molar-refractivity contribution in [3.63, 3.8) is 0 Å². The molecule has 1 aliphatic rings. The lowest BCUT2D eigenvalue weighted by Gasteiger charge is -2.18. The number of nitrogens with zero attached hydrogens (tertiary/aromatic N) is 2. The maximum absolute atomic E-state index is 12.2. The molecule has 24 heavy (non-hydrogen) atoms. The Hall–Kier alpha value is -1.95. The quantitative estimate of drug-likeness (QED) is 0.824. The molecule has 1 heterocycles. The van der Waals surface area contributed by atoms with Gasteiger partial charge in [-0.1, -0.05) is 42.7 Å². The lowest BCUT2D eigenvalue weighted by Crippen LogP contribution is -2.14. The molecule has 6 heteroatoms. The Morgan fingerprint density at radius 2 is 2.08 bits per heavy atom. The average molecular weight is 344 g/mol. The molecule has 0 saturated heterocycles. The minimum atomic E-state index is -0.0463. The van der Waals surface area contributed by atoms with E-state index in [9.17, 15) is 4.79 Å². The van der Waals surface area contributed by atoms with Gasteiger partial charge >= 0.3 is 0 Å². The Morgan fingerprint density at radius 1 is 1.25 bits per heavy atom. The van der Waals surface area contributed by atoms with Crippen LogP contribution in [0.5, 0.6) is 0 Å². The summed E-state index contributed by atoms with van der Waals surface area (Å²) in [6, 6.07) is 7.95. The number of anilines is 2. The number of hydrogen-bond acceptors (Lipinski definition) is 5. The summed E-state index contributed by atoms with van der Waals surface area (Å²) < 4.78 is 0. The van der Waals surface area contributed by atoms with Crippen LogP contribution in [0, 0.1) is 0 Å². The van der Waals surface area contributed by atoms with Crippen LogP contribution < -0.4 is 10.6 Å². The van der Waals surface area contributed by atoms with Crippen molar-refractivity contribution in [3.8, 4) is 0 Å². The van der Waals surface area contributed by atoms with Crippen LogP contribution in [0.25, 0.3) is 0 Å². The van der Waals surface area contributed by atoms with E-state index < -0.39 is 0 Å². The topological polar surface area (TPSA) is 66.9 Å². The maximum Gasteiger partial charge on any atom is 0.230 e. The Labute approximate surface area is 146 Å². The molecular formula is C18H24N4OS. The Kier molecular flexibility index (Phi) is 5.80. The van der Waals surface area contributed by atoms with Gasteiger partial charge in [-0.2, -0.15) is 0 Å². The summed E-state index contributed by atoms with van der Waals surface area (Å²) in [5, 5.41) is 16.3. The van der Waals surface area contributed by atoms with E-state index in [0.29, 0.717) is 17.5 Å². The van der Waals surface area contributed by atoms with E-state index in [2.05, 4.69) is 27.8 Å². The van der Waals surface area contributed by atoms with Crippen molar-refractivity contribution in [1.29, 1.82) is 0 Å². The molecule has 1 fully saturated rings. The van der Waals surface area contributed by atoms with E-state index >= 15 is 0 Å². The number of aromatic nitrogens is 2. The normalized spacial score (nSPS) is 15.2. The summed E-state index contributed by atoms with van der Waals surface area (Å²) in [5.74, 6) is 0.480. The Bertz CT molecular complexity index is 679. The van der Waals surface area contributed by atoms with Crippen molar-refractivity contribution in [3.05, 3.63) is 34.8 Å². The highest BCUT2D eigenvalue weighted by Crippen LogP contribution is 2.35. The van der Waals surface area contributed by atoms with Gasteiger partial charge in [-0.15, -0.1) is 10.2 Å².